The highest BCUT2D eigenvalue weighted by molar-refractivity contribution is 5.67. The SMILES string of the molecule is CN(CC(C)(N)CO)C(=O)OC(C)(C)C. The minimum absolute atomic E-state index is 0.180. The minimum atomic E-state index is -0.800. The van der Waals surface area contributed by atoms with E-state index in [0.717, 1.165) is 0 Å². The van der Waals surface area contributed by atoms with Gasteiger partial charge in [-0.25, -0.2) is 4.79 Å². The molecule has 5 nitrogen and oxygen atoms in total. The first-order chi connectivity index (χ1) is 6.57. The molecule has 0 spiro atoms. The molecule has 3 N–H and O–H groups in total. The van der Waals surface area contributed by atoms with E-state index < -0.39 is 17.2 Å². The van der Waals surface area contributed by atoms with Crippen LogP contribution in [0.5, 0.6) is 0 Å². The molecule has 15 heavy (non-hydrogen) atoms. The molecule has 1 amide bonds. The van der Waals surface area contributed by atoms with Gasteiger partial charge in [-0.05, 0) is 27.7 Å². The van der Waals surface area contributed by atoms with Gasteiger partial charge in [0.2, 0.25) is 0 Å². The van der Waals surface area contributed by atoms with E-state index in [2.05, 4.69) is 0 Å². The summed E-state index contributed by atoms with van der Waals surface area (Å²) in [6.45, 7) is 7.14. The van der Waals surface area contributed by atoms with Crippen molar-refractivity contribution in [1.29, 1.82) is 0 Å². The van der Waals surface area contributed by atoms with Crippen LogP contribution >= 0.6 is 0 Å². The van der Waals surface area contributed by atoms with E-state index in [1.807, 2.05) is 0 Å². The number of carbonyl (C=O) groups excluding carboxylic acids is 1. The van der Waals surface area contributed by atoms with Gasteiger partial charge in [0.05, 0.1) is 12.1 Å². The summed E-state index contributed by atoms with van der Waals surface area (Å²) in [5.74, 6) is 0. The fourth-order valence-corrected chi connectivity index (χ4v) is 0.996. The lowest BCUT2D eigenvalue weighted by Crippen LogP contribution is -2.51. The maximum absolute atomic E-state index is 11.5. The molecule has 0 aromatic carbocycles. The second kappa shape index (κ2) is 4.81. The van der Waals surface area contributed by atoms with Crippen LogP contribution < -0.4 is 5.73 Å². The third kappa shape index (κ3) is 6.30. The Morgan fingerprint density at radius 1 is 1.40 bits per heavy atom. The molecule has 0 heterocycles. The van der Waals surface area contributed by atoms with Gasteiger partial charge in [0, 0.05) is 13.6 Å². The first kappa shape index (κ1) is 14.2. The predicted molar refractivity (Wildman–Crippen MR) is 58.5 cm³/mol. The number of nitrogens with two attached hydrogens (primary N) is 1. The quantitative estimate of drug-likeness (QED) is 0.726. The van der Waals surface area contributed by atoms with Crippen molar-refractivity contribution in [3.8, 4) is 0 Å². The summed E-state index contributed by atoms with van der Waals surface area (Å²) in [4.78, 5) is 12.9. The number of amides is 1. The van der Waals surface area contributed by atoms with E-state index in [4.69, 9.17) is 15.6 Å². The number of likely N-dealkylation sites (N-methyl/N-ethyl adjacent to an activating group) is 1. The standard InChI is InChI=1S/C10H22N2O3/c1-9(2,3)15-8(14)12(5)6-10(4,11)7-13/h13H,6-7,11H2,1-5H3. The topological polar surface area (TPSA) is 75.8 Å². The minimum Gasteiger partial charge on any atom is -0.444 e. The van der Waals surface area contributed by atoms with Crippen molar-refractivity contribution in [3.05, 3.63) is 0 Å². The van der Waals surface area contributed by atoms with E-state index in [0.29, 0.717) is 0 Å². The van der Waals surface area contributed by atoms with Crippen LogP contribution in [-0.4, -0.2) is 47.4 Å². The molecule has 1 unspecified atom stereocenters. The van der Waals surface area contributed by atoms with Crippen LogP contribution in [0.1, 0.15) is 27.7 Å². The predicted octanol–water partition coefficient (Wildman–Crippen LogP) is 0.563. The van der Waals surface area contributed by atoms with Gasteiger partial charge < -0.3 is 20.5 Å². The van der Waals surface area contributed by atoms with Crippen molar-refractivity contribution in [2.24, 2.45) is 5.73 Å². The summed E-state index contributed by atoms with van der Waals surface area (Å²) in [6, 6.07) is 0. The first-order valence-electron chi connectivity index (χ1n) is 4.91. The summed E-state index contributed by atoms with van der Waals surface area (Å²) in [6.07, 6.45) is -0.437. The average Bonchev–Trinajstić information content (AvgIpc) is 2.00. The van der Waals surface area contributed by atoms with Crippen LogP contribution in [-0.2, 0) is 4.74 Å². The third-order valence-corrected chi connectivity index (χ3v) is 1.66. The zero-order valence-electron chi connectivity index (χ0n) is 10.2. The Hall–Kier alpha value is -0.810. The lowest BCUT2D eigenvalue weighted by atomic mass is 10.1. The van der Waals surface area contributed by atoms with Gasteiger partial charge in [0.1, 0.15) is 5.60 Å². The largest absolute Gasteiger partial charge is 0.444 e. The number of carbonyl (C=O) groups is 1. The van der Waals surface area contributed by atoms with Crippen LogP contribution in [0, 0.1) is 0 Å². The smallest absolute Gasteiger partial charge is 0.410 e. The molecule has 0 fully saturated rings. The second-order valence-electron chi connectivity index (χ2n) is 5.15. The average molecular weight is 218 g/mol. The summed E-state index contributed by atoms with van der Waals surface area (Å²) in [7, 11) is 1.59. The fourth-order valence-electron chi connectivity index (χ4n) is 0.996. The molecule has 0 aromatic heterocycles. The van der Waals surface area contributed by atoms with E-state index in [-0.39, 0.29) is 13.2 Å². The summed E-state index contributed by atoms with van der Waals surface area (Å²) in [5.41, 5.74) is 4.40. The number of aliphatic hydroxyl groups excluding tert-OH is 1. The lowest BCUT2D eigenvalue weighted by molar-refractivity contribution is 0.0244. The molecular weight excluding hydrogens is 196 g/mol. The summed E-state index contributed by atoms with van der Waals surface area (Å²) < 4.78 is 5.14. The molecule has 0 aromatic rings. The van der Waals surface area contributed by atoms with Gasteiger partial charge in [-0.2, -0.15) is 0 Å². The van der Waals surface area contributed by atoms with Gasteiger partial charge in [-0.15, -0.1) is 0 Å². The van der Waals surface area contributed by atoms with E-state index in [1.54, 1.807) is 34.7 Å². The highest BCUT2D eigenvalue weighted by Crippen LogP contribution is 2.10. The van der Waals surface area contributed by atoms with Crippen LogP contribution in [0.25, 0.3) is 0 Å². The van der Waals surface area contributed by atoms with Gasteiger partial charge in [0.15, 0.2) is 0 Å². The zero-order chi connectivity index (χ0) is 12.3. The Kier molecular flexibility index (Phi) is 4.55. The van der Waals surface area contributed by atoms with Crippen molar-refractivity contribution < 1.29 is 14.6 Å². The number of rotatable bonds is 3. The molecule has 0 aliphatic heterocycles. The number of nitrogens with zero attached hydrogens (tertiary/aromatic N) is 1. The third-order valence-electron chi connectivity index (χ3n) is 1.66. The Labute approximate surface area is 91.2 Å². The van der Waals surface area contributed by atoms with Crippen molar-refractivity contribution in [2.75, 3.05) is 20.2 Å². The molecule has 1 atom stereocenters. The van der Waals surface area contributed by atoms with Crippen molar-refractivity contribution >= 4 is 6.09 Å². The van der Waals surface area contributed by atoms with E-state index in [1.165, 1.54) is 4.90 Å². The van der Waals surface area contributed by atoms with Crippen molar-refractivity contribution in [2.45, 2.75) is 38.8 Å². The molecule has 0 saturated heterocycles. The lowest BCUT2D eigenvalue weighted by Gasteiger charge is -2.30. The monoisotopic (exact) mass is 218 g/mol. The highest BCUT2D eigenvalue weighted by Gasteiger charge is 2.25. The summed E-state index contributed by atoms with van der Waals surface area (Å²) in [5, 5.41) is 8.95. The number of aliphatic hydroxyl groups is 1. The number of hydrogen-bond donors (Lipinski definition) is 2. The summed E-state index contributed by atoms with van der Waals surface area (Å²) >= 11 is 0. The molecule has 90 valence electrons. The Morgan fingerprint density at radius 3 is 2.20 bits per heavy atom. The van der Waals surface area contributed by atoms with Gasteiger partial charge in [0.25, 0.3) is 0 Å². The highest BCUT2D eigenvalue weighted by atomic mass is 16.6. The number of ether oxygens (including phenoxy) is 1. The van der Waals surface area contributed by atoms with Crippen molar-refractivity contribution in [3.63, 3.8) is 0 Å². The van der Waals surface area contributed by atoms with Crippen LogP contribution in [0.2, 0.25) is 0 Å². The molecule has 0 saturated carbocycles. The Balaban J connectivity index is 4.23. The van der Waals surface area contributed by atoms with E-state index in [9.17, 15) is 4.79 Å². The normalized spacial score (nSPS) is 15.7. The second-order valence-corrected chi connectivity index (χ2v) is 5.15. The van der Waals surface area contributed by atoms with Crippen molar-refractivity contribution in [1.82, 2.24) is 4.90 Å². The molecule has 0 rings (SSSR count). The molecule has 0 bridgehead atoms. The molecule has 5 heteroatoms. The fraction of sp³-hybridized carbons (Fsp3) is 0.900. The Bertz CT molecular complexity index is 221. The molecular formula is C10H22N2O3. The maximum atomic E-state index is 11.5. The van der Waals surface area contributed by atoms with Crippen LogP contribution in [0.15, 0.2) is 0 Å². The Morgan fingerprint density at radius 2 is 1.87 bits per heavy atom. The number of hydrogen-bond acceptors (Lipinski definition) is 4. The maximum Gasteiger partial charge on any atom is 0.410 e. The molecule has 0 radical (unpaired) electrons. The molecule has 0 aliphatic rings. The van der Waals surface area contributed by atoms with Crippen LogP contribution in [0.3, 0.4) is 0 Å². The van der Waals surface area contributed by atoms with Gasteiger partial charge in [-0.3, -0.25) is 0 Å². The zero-order valence-corrected chi connectivity index (χ0v) is 10.2. The van der Waals surface area contributed by atoms with Gasteiger partial charge >= 0.3 is 6.09 Å². The molecule has 0 aliphatic carbocycles. The first-order valence-corrected chi connectivity index (χ1v) is 4.91. The van der Waals surface area contributed by atoms with E-state index >= 15 is 0 Å². The van der Waals surface area contributed by atoms with Crippen LogP contribution in [0.4, 0.5) is 4.79 Å². The van der Waals surface area contributed by atoms with Gasteiger partial charge in [-0.1, -0.05) is 0 Å².